The number of aliphatic hydroxyl groups excluding tert-OH is 1. The fourth-order valence-electron chi connectivity index (χ4n) is 2.73. The molecule has 10 N–H and O–H groups in total. The summed E-state index contributed by atoms with van der Waals surface area (Å²) in [4.78, 5) is 33.7. The number of H-pyrrole nitrogens is 1. The second-order valence-electron chi connectivity index (χ2n) is 7.10. The molecule has 31 heavy (non-hydrogen) atoms. The van der Waals surface area contributed by atoms with E-state index in [1.807, 2.05) is 30.5 Å². The first kappa shape index (κ1) is 26.0. The van der Waals surface area contributed by atoms with Crippen LogP contribution >= 0.6 is 0 Å². The van der Waals surface area contributed by atoms with Gasteiger partial charge in [-0.2, -0.15) is 0 Å². The van der Waals surface area contributed by atoms with Crippen molar-refractivity contribution >= 4 is 28.8 Å². The van der Waals surface area contributed by atoms with Gasteiger partial charge < -0.3 is 42.2 Å². The molecule has 172 valence electrons. The number of carboxylic acid groups (broad SMARTS) is 3. The van der Waals surface area contributed by atoms with Gasteiger partial charge in [0, 0.05) is 23.5 Å². The highest BCUT2D eigenvalue weighted by molar-refractivity contribution is 5.84. The van der Waals surface area contributed by atoms with Crippen molar-refractivity contribution in [2.75, 3.05) is 6.54 Å². The van der Waals surface area contributed by atoms with E-state index in [4.69, 9.17) is 31.9 Å². The zero-order valence-electron chi connectivity index (χ0n) is 17.2. The van der Waals surface area contributed by atoms with Crippen LogP contribution in [0.5, 0.6) is 0 Å². The molecule has 1 aliphatic heterocycles. The Morgan fingerprint density at radius 2 is 1.77 bits per heavy atom. The number of aliphatic hydroxyl groups is 1. The lowest BCUT2D eigenvalue weighted by atomic mass is 10.1. The molecule has 3 rings (SSSR count). The molecule has 1 aliphatic rings. The van der Waals surface area contributed by atoms with Crippen molar-refractivity contribution < 1.29 is 34.8 Å². The molecule has 0 bridgehead atoms. The Hall–Kier alpha value is -2.99. The van der Waals surface area contributed by atoms with Gasteiger partial charge in [-0.3, -0.25) is 14.4 Å². The van der Waals surface area contributed by atoms with Gasteiger partial charge in [-0.1, -0.05) is 18.2 Å². The van der Waals surface area contributed by atoms with Crippen molar-refractivity contribution in [2.45, 2.75) is 50.4 Å². The number of aliphatic carboxylic acids is 3. The number of fused-ring (bicyclic) bond motifs is 1. The zero-order valence-corrected chi connectivity index (χ0v) is 17.2. The highest BCUT2D eigenvalue weighted by atomic mass is 16.4. The van der Waals surface area contributed by atoms with Crippen LogP contribution in [-0.4, -0.2) is 74.1 Å². The molecule has 0 saturated carbocycles. The van der Waals surface area contributed by atoms with Crippen molar-refractivity contribution in [3.63, 3.8) is 0 Å². The van der Waals surface area contributed by atoms with Crippen LogP contribution in [0.25, 0.3) is 10.9 Å². The van der Waals surface area contributed by atoms with E-state index in [0.717, 1.165) is 35.9 Å². The number of nitrogens with two attached hydrogens (primary N) is 2. The summed E-state index contributed by atoms with van der Waals surface area (Å²) in [7, 11) is 0. The van der Waals surface area contributed by atoms with E-state index < -0.39 is 36.1 Å². The topological polar surface area (TPSA) is 212 Å². The van der Waals surface area contributed by atoms with Gasteiger partial charge in [0.05, 0.1) is 6.10 Å². The predicted octanol–water partition coefficient (Wildman–Crippen LogP) is -0.276. The van der Waals surface area contributed by atoms with Crippen LogP contribution in [0, 0.1) is 0 Å². The van der Waals surface area contributed by atoms with Crippen molar-refractivity contribution in [2.24, 2.45) is 11.5 Å². The zero-order chi connectivity index (χ0) is 23.6. The van der Waals surface area contributed by atoms with E-state index in [0.29, 0.717) is 6.42 Å². The normalized spacial score (nSPS) is 18.0. The van der Waals surface area contributed by atoms with E-state index in [9.17, 15) is 14.4 Å². The van der Waals surface area contributed by atoms with Crippen molar-refractivity contribution in [1.29, 1.82) is 0 Å². The monoisotopic (exact) mass is 438 g/mol. The third-order valence-corrected chi connectivity index (χ3v) is 4.60. The van der Waals surface area contributed by atoms with Gasteiger partial charge in [0.2, 0.25) is 0 Å². The van der Waals surface area contributed by atoms with Gasteiger partial charge in [-0.15, -0.1) is 0 Å². The Labute approximate surface area is 179 Å². The summed E-state index contributed by atoms with van der Waals surface area (Å²) in [5.74, 6) is -2.87. The average Bonchev–Trinajstić information content (AvgIpc) is 3.39. The molecule has 2 aromatic rings. The number of aromatic nitrogens is 1. The quantitative estimate of drug-likeness (QED) is 0.295. The first-order valence-electron chi connectivity index (χ1n) is 9.70. The van der Waals surface area contributed by atoms with Crippen LogP contribution in [-0.2, 0) is 20.8 Å². The molecule has 2 heterocycles. The summed E-state index contributed by atoms with van der Waals surface area (Å²) >= 11 is 0. The lowest BCUT2D eigenvalue weighted by molar-refractivity contribution is -0.141. The number of nitrogens with one attached hydrogen (secondary N) is 2. The maximum absolute atomic E-state index is 10.6. The van der Waals surface area contributed by atoms with Crippen LogP contribution in [0.4, 0.5) is 0 Å². The van der Waals surface area contributed by atoms with Gasteiger partial charge in [0.25, 0.3) is 0 Å². The number of benzene rings is 1. The minimum Gasteiger partial charge on any atom is -0.480 e. The van der Waals surface area contributed by atoms with E-state index in [2.05, 4.69) is 10.3 Å². The van der Waals surface area contributed by atoms with Crippen molar-refractivity contribution in [1.82, 2.24) is 10.3 Å². The van der Waals surface area contributed by atoms with Gasteiger partial charge >= 0.3 is 17.9 Å². The molecule has 0 aliphatic carbocycles. The van der Waals surface area contributed by atoms with Gasteiger partial charge in [0.1, 0.15) is 18.1 Å². The largest absolute Gasteiger partial charge is 0.480 e. The lowest BCUT2D eigenvalue weighted by Gasteiger charge is -2.06. The Bertz CT molecular complexity index is 850. The highest BCUT2D eigenvalue weighted by Crippen LogP contribution is 2.18. The Balaban J connectivity index is 0.000000256. The summed E-state index contributed by atoms with van der Waals surface area (Å²) in [6, 6.07) is 5.49. The fourth-order valence-corrected chi connectivity index (χ4v) is 2.73. The van der Waals surface area contributed by atoms with Crippen molar-refractivity contribution in [3.05, 3.63) is 36.0 Å². The minimum atomic E-state index is -1.18. The van der Waals surface area contributed by atoms with Gasteiger partial charge in [-0.05, 0) is 37.9 Å². The molecule has 1 aromatic carbocycles. The van der Waals surface area contributed by atoms with Crippen LogP contribution in [0.1, 0.15) is 25.3 Å². The predicted molar refractivity (Wildman–Crippen MR) is 114 cm³/mol. The van der Waals surface area contributed by atoms with E-state index in [-0.39, 0.29) is 6.04 Å². The summed E-state index contributed by atoms with van der Waals surface area (Å²) in [6.07, 6.45) is 2.96. The summed E-state index contributed by atoms with van der Waals surface area (Å²) < 4.78 is 0. The van der Waals surface area contributed by atoms with E-state index in [1.165, 1.54) is 6.92 Å². The second-order valence-corrected chi connectivity index (χ2v) is 7.10. The number of carbonyl (C=O) groups is 3. The maximum Gasteiger partial charge on any atom is 0.323 e. The number of carboxylic acids is 3. The first-order valence-corrected chi connectivity index (χ1v) is 9.70. The van der Waals surface area contributed by atoms with Gasteiger partial charge in [0.15, 0.2) is 0 Å². The molecular formula is C20H30N4O7. The Morgan fingerprint density at radius 1 is 1.13 bits per heavy atom. The SMILES string of the molecule is CC(O)C(N)C(=O)O.NC(Cc1c[nH]c2ccccc12)C(=O)O.O=C(O)[C@@H]1CCCN1. The smallest absolute Gasteiger partial charge is 0.323 e. The second kappa shape index (κ2) is 12.6. The average molecular weight is 438 g/mol. The Kier molecular flexibility index (Phi) is 10.6. The fraction of sp³-hybridized carbons (Fsp3) is 0.450. The van der Waals surface area contributed by atoms with E-state index >= 15 is 0 Å². The molecule has 0 radical (unpaired) electrons. The number of para-hydroxylation sites is 1. The van der Waals surface area contributed by atoms with Crippen LogP contribution in [0.3, 0.4) is 0 Å². The number of hydrogen-bond acceptors (Lipinski definition) is 7. The number of hydrogen-bond donors (Lipinski definition) is 8. The molecule has 11 nitrogen and oxygen atoms in total. The van der Waals surface area contributed by atoms with E-state index in [1.54, 1.807) is 0 Å². The first-order chi connectivity index (χ1) is 14.5. The van der Waals surface area contributed by atoms with Gasteiger partial charge in [-0.25, -0.2) is 0 Å². The molecule has 1 fully saturated rings. The van der Waals surface area contributed by atoms with Crippen LogP contribution in [0.2, 0.25) is 0 Å². The van der Waals surface area contributed by atoms with Crippen LogP contribution in [0.15, 0.2) is 30.5 Å². The summed E-state index contributed by atoms with van der Waals surface area (Å²) in [6.45, 7) is 2.19. The molecule has 1 saturated heterocycles. The molecule has 4 atom stereocenters. The summed E-state index contributed by atoms with van der Waals surface area (Å²) in [5, 5.41) is 37.5. The highest BCUT2D eigenvalue weighted by Gasteiger charge is 2.20. The summed E-state index contributed by atoms with van der Waals surface area (Å²) in [5.41, 5.74) is 12.3. The number of aromatic amines is 1. The minimum absolute atomic E-state index is 0.269. The molecule has 3 unspecified atom stereocenters. The lowest BCUT2D eigenvalue weighted by Crippen LogP contribution is -2.39. The van der Waals surface area contributed by atoms with Crippen LogP contribution < -0.4 is 16.8 Å². The molecule has 11 heteroatoms. The molecule has 1 aromatic heterocycles. The molecule has 0 amide bonds. The van der Waals surface area contributed by atoms with Crippen molar-refractivity contribution in [3.8, 4) is 0 Å². The third kappa shape index (κ3) is 8.72. The number of rotatable bonds is 6. The Morgan fingerprint density at radius 3 is 2.19 bits per heavy atom. The maximum atomic E-state index is 10.6. The third-order valence-electron chi connectivity index (χ3n) is 4.60. The standard InChI is InChI=1S/C11H12N2O2.C5H9NO2.C4H9NO3/c12-9(11(14)15)5-7-6-13-10-4-2-1-3-8(7)10;7-5(8)4-2-1-3-6-4;1-2(6)3(5)4(7)8/h1-4,6,9,13H,5,12H2,(H,14,15);4,6H,1-3H2,(H,7,8);2-3,6H,5H2,1H3,(H,7,8)/t;4-;/m.0./s1. The molecule has 0 spiro atoms. The molecular weight excluding hydrogens is 408 g/mol.